The average molecular weight is 429 g/mol. The fraction of sp³-hybridized carbons (Fsp3) is 0.793. The van der Waals surface area contributed by atoms with Crippen LogP contribution in [0.1, 0.15) is 114 Å². The van der Waals surface area contributed by atoms with Crippen LogP contribution in [0.5, 0.6) is 0 Å². The van der Waals surface area contributed by atoms with Crippen LogP contribution in [0.4, 0.5) is 0 Å². The smallest absolute Gasteiger partial charge is 0.0223 e. The molecule has 0 unspecified atom stereocenters. The molecule has 4 rings (SSSR count). The van der Waals surface area contributed by atoms with Gasteiger partial charge in [0.15, 0.2) is 0 Å². The second-order valence-electron chi connectivity index (χ2n) is 11.2. The van der Waals surface area contributed by atoms with Crippen molar-refractivity contribution in [1.29, 1.82) is 0 Å². The van der Waals surface area contributed by atoms with Crippen molar-refractivity contribution < 1.29 is 0 Å². The molecule has 3 fully saturated rings. The lowest BCUT2D eigenvalue weighted by Crippen LogP contribution is -2.29. The maximum absolute atomic E-state index is 5.81. The minimum Gasteiger partial charge on any atom is -0.127 e. The number of hydrogen-bond acceptors (Lipinski definition) is 0. The number of alkyl halides is 1. The normalized spacial score (nSPS) is 35.3. The lowest BCUT2D eigenvalue weighted by atomic mass is 9.65. The Balaban J connectivity index is 1.19. The van der Waals surface area contributed by atoms with Crippen molar-refractivity contribution in [3.8, 4) is 0 Å². The van der Waals surface area contributed by atoms with Gasteiger partial charge in [-0.05, 0) is 130 Å². The van der Waals surface area contributed by atoms with E-state index in [2.05, 4.69) is 31.2 Å². The maximum Gasteiger partial charge on any atom is 0.0223 e. The van der Waals surface area contributed by atoms with Crippen LogP contribution in [-0.2, 0) is 6.42 Å². The quantitative estimate of drug-likeness (QED) is 0.300. The molecule has 0 heterocycles. The molecule has 1 heteroatoms. The Morgan fingerprint density at radius 3 is 1.60 bits per heavy atom. The molecule has 3 aliphatic carbocycles. The Labute approximate surface area is 191 Å². The molecule has 0 aromatic heterocycles. The second kappa shape index (κ2) is 11.4. The predicted octanol–water partition coefficient (Wildman–Crippen LogP) is 9.15. The summed E-state index contributed by atoms with van der Waals surface area (Å²) in [4.78, 5) is 0. The molecule has 0 nitrogen and oxygen atoms in total. The number of benzene rings is 1. The molecule has 0 spiro atoms. The summed E-state index contributed by atoms with van der Waals surface area (Å²) in [6, 6.07) is 9.61. The van der Waals surface area contributed by atoms with Gasteiger partial charge in [-0.2, -0.15) is 0 Å². The number of unbranched alkanes of at least 4 members (excludes halogenated alkanes) is 1. The Hall–Kier alpha value is -0.490. The molecule has 168 valence electrons. The van der Waals surface area contributed by atoms with E-state index in [0.717, 1.165) is 47.8 Å². The first-order chi connectivity index (χ1) is 14.7. The Morgan fingerprint density at radius 1 is 0.633 bits per heavy atom. The number of aryl methyl sites for hydroxylation is 1. The summed E-state index contributed by atoms with van der Waals surface area (Å²) in [5.41, 5.74) is 3.09. The SMILES string of the molecule is CC1CCC(C2CCC(C3CCC(c4ccc(CCCCCl)cc4)CC3)CC2)CC1. The number of hydrogen-bond donors (Lipinski definition) is 0. The van der Waals surface area contributed by atoms with E-state index in [1.54, 1.807) is 31.2 Å². The van der Waals surface area contributed by atoms with Gasteiger partial charge < -0.3 is 0 Å². The fourth-order valence-corrected chi connectivity index (χ4v) is 7.34. The first-order valence-corrected chi connectivity index (χ1v) is 13.9. The van der Waals surface area contributed by atoms with Crippen LogP contribution in [0.15, 0.2) is 24.3 Å². The molecule has 3 aliphatic rings. The van der Waals surface area contributed by atoms with Crippen LogP contribution in [-0.4, -0.2) is 5.88 Å². The van der Waals surface area contributed by atoms with Crippen molar-refractivity contribution in [3.05, 3.63) is 35.4 Å². The van der Waals surface area contributed by atoms with Gasteiger partial charge >= 0.3 is 0 Å². The third-order valence-corrected chi connectivity index (χ3v) is 9.55. The highest BCUT2D eigenvalue weighted by molar-refractivity contribution is 6.17. The van der Waals surface area contributed by atoms with Gasteiger partial charge in [-0.1, -0.05) is 44.0 Å². The van der Waals surface area contributed by atoms with Crippen LogP contribution in [0, 0.1) is 29.6 Å². The first-order valence-electron chi connectivity index (χ1n) is 13.4. The third-order valence-electron chi connectivity index (χ3n) is 9.28. The van der Waals surface area contributed by atoms with Gasteiger partial charge in [0, 0.05) is 5.88 Å². The van der Waals surface area contributed by atoms with Gasteiger partial charge in [-0.3, -0.25) is 0 Å². The van der Waals surface area contributed by atoms with Crippen molar-refractivity contribution in [1.82, 2.24) is 0 Å². The van der Waals surface area contributed by atoms with E-state index in [-0.39, 0.29) is 0 Å². The third kappa shape index (κ3) is 6.05. The van der Waals surface area contributed by atoms with E-state index in [4.69, 9.17) is 11.6 Å². The van der Waals surface area contributed by atoms with Gasteiger partial charge in [-0.25, -0.2) is 0 Å². The lowest BCUT2D eigenvalue weighted by molar-refractivity contribution is 0.112. The minimum atomic E-state index is 0.794. The van der Waals surface area contributed by atoms with E-state index in [9.17, 15) is 0 Å². The summed E-state index contributed by atoms with van der Waals surface area (Å²) in [7, 11) is 0. The molecule has 0 saturated heterocycles. The zero-order valence-electron chi connectivity index (χ0n) is 19.5. The van der Waals surface area contributed by atoms with Crippen LogP contribution < -0.4 is 0 Å². The zero-order valence-corrected chi connectivity index (χ0v) is 20.2. The predicted molar refractivity (Wildman–Crippen MR) is 131 cm³/mol. The Morgan fingerprint density at radius 2 is 1.10 bits per heavy atom. The van der Waals surface area contributed by atoms with Gasteiger partial charge in [0.05, 0.1) is 0 Å². The lowest BCUT2D eigenvalue weighted by Gasteiger charge is -2.41. The molecule has 0 N–H and O–H groups in total. The molecular weight excluding hydrogens is 384 g/mol. The van der Waals surface area contributed by atoms with Gasteiger partial charge in [0.1, 0.15) is 0 Å². The summed E-state index contributed by atoms with van der Waals surface area (Å²) in [6.07, 6.45) is 21.6. The summed E-state index contributed by atoms with van der Waals surface area (Å²) in [5.74, 6) is 6.85. The molecule has 30 heavy (non-hydrogen) atoms. The van der Waals surface area contributed by atoms with E-state index in [0.29, 0.717) is 0 Å². The Bertz CT molecular complexity index is 596. The van der Waals surface area contributed by atoms with Crippen LogP contribution >= 0.6 is 11.6 Å². The average Bonchev–Trinajstić information content (AvgIpc) is 2.81. The highest BCUT2D eigenvalue weighted by Gasteiger charge is 2.34. The summed E-state index contributed by atoms with van der Waals surface area (Å²) in [5, 5.41) is 0. The monoisotopic (exact) mass is 428 g/mol. The Kier molecular flexibility index (Phi) is 8.62. The van der Waals surface area contributed by atoms with Gasteiger partial charge in [-0.15, -0.1) is 11.6 Å². The van der Waals surface area contributed by atoms with E-state index >= 15 is 0 Å². The first kappa shape index (κ1) is 22.7. The summed E-state index contributed by atoms with van der Waals surface area (Å²) in [6.45, 7) is 2.46. The van der Waals surface area contributed by atoms with Crippen molar-refractivity contribution in [2.24, 2.45) is 29.6 Å². The van der Waals surface area contributed by atoms with Gasteiger partial charge in [0.2, 0.25) is 0 Å². The molecule has 0 amide bonds. The molecule has 3 saturated carbocycles. The molecule has 0 radical (unpaired) electrons. The van der Waals surface area contributed by atoms with E-state index < -0.39 is 0 Å². The highest BCUT2D eigenvalue weighted by atomic mass is 35.5. The topological polar surface area (TPSA) is 0 Å². The van der Waals surface area contributed by atoms with Crippen molar-refractivity contribution in [3.63, 3.8) is 0 Å². The largest absolute Gasteiger partial charge is 0.127 e. The molecule has 0 aliphatic heterocycles. The number of halogens is 1. The molecule has 0 bridgehead atoms. The van der Waals surface area contributed by atoms with Crippen molar-refractivity contribution in [2.75, 3.05) is 5.88 Å². The molecular formula is C29H45Cl. The minimum absolute atomic E-state index is 0.794. The maximum atomic E-state index is 5.81. The van der Waals surface area contributed by atoms with E-state index in [1.807, 2.05) is 0 Å². The summed E-state index contributed by atoms with van der Waals surface area (Å²) >= 11 is 5.81. The van der Waals surface area contributed by atoms with Crippen molar-refractivity contribution in [2.45, 2.75) is 109 Å². The molecule has 1 aromatic carbocycles. The van der Waals surface area contributed by atoms with Crippen LogP contribution in [0.25, 0.3) is 0 Å². The fourth-order valence-electron chi connectivity index (χ4n) is 7.15. The molecule has 0 atom stereocenters. The van der Waals surface area contributed by atoms with Gasteiger partial charge in [0.25, 0.3) is 0 Å². The second-order valence-corrected chi connectivity index (χ2v) is 11.6. The number of rotatable bonds is 7. The van der Waals surface area contributed by atoms with E-state index in [1.165, 1.54) is 69.8 Å². The van der Waals surface area contributed by atoms with Crippen LogP contribution in [0.3, 0.4) is 0 Å². The molecule has 1 aromatic rings. The van der Waals surface area contributed by atoms with Crippen molar-refractivity contribution >= 4 is 11.6 Å². The zero-order chi connectivity index (χ0) is 20.8. The highest BCUT2D eigenvalue weighted by Crippen LogP contribution is 2.47. The standard InChI is InChI=1S/C29H45Cl/c1-22-5-9-24(10-6-22)26-13-17-28(18-14-26)29-19-15-27(16-20-29)25-11-7-23(8-12-25)4-2-3-21-30/h7-8,11-12,22,24,26-29H,2-6,9-10,13-21H2,1H3. The van der Waals surface area contributed by atoms with Crippen LogP contribution in [0.2, 0.25) is 0 Å². The summed E-state index contributed by atoms with van der Waals surface area (Å²) < 4.78 is 0.